The number of nitrogens with zero attached hydrogens (tertiary/aromatic N) is 4. The van der Waals surface area contributed by atoms with Gasteiger partial charge in [0.15, 0.2) is 0 Å². The van der Waals surface area contributed by atoms with Crippen LogP contribution >= 0.6 is 0 Å². The highest BCUT2D eigenvalue weighted by atomic mass is 16.6. The van der Waals surface area contributed by atoms with Crippen molar-refractivity contribution in [2.75, 3.05) is 38.8 Å². The summed E-state index contributed by atoms with van der Waals surface area (Å²) in [6.45, 7) is 7.96. The maximum Gasteiger partial charge on any atom is 0.410 e. The largest absolute Gasteiger partial charge is 0.478 e. The first-order chi connectivity index (χ1) is 14.1. The summed E-state index contributed by atoms with van der Waals surface area (Å²) in [6.07, 6.45) is 2.32. The third-order valence-electron chi connectivity index (χ3n) is 5.19. The first-order valence-electron chi connectivity index (χ1n) is 10.0. The number of methoxy groups -OCH3 is 1. The van der Waals surface area contributed by atoms with Gasteiger partial charge < -0.3 is 24.4 Å². The van der Waals surface area contributed by atoms with Gasteiger partial charge >= 0.3 is 12.1 Å². The molecule has 164 valence electrons. The molecule has 1 fully saturated rings. The van der Waals surface area contributed by atoms with Gasteiger partial charge in [0.25, 0.3) is 0 Å². The number of hydrogen-bond donors (Lipinski definition) is 1. The average Bonchev–Trinajstić information content (AvgIpc) is 3.30. The third kappa shape index (κ3) is 4.67. The van der Waals surface area contributed by atoms with E-state index in [1.807, 2.05) is 33.0 Å². The Morgan fingerprint density at radius 1 is 1.33 bits per heavy atom. The molecule has 0 aliphatic carbocycles. The molecule has 2 heterocycles. The second kappa shape index (κ2) is 8.51. The highest BCUT2D eigenvalue weighted by molar-refractivity contribution is 6.06. The van der Waals surface area contributed by atoms with Crippen LogP contribution in [0.4, 0.5) is 10.5 Å². The Kier molecular flexibility index (Phi) is 6.21. The summed E-state index contributed by atoms with van der Waals surface area (Å²) in [5.41, 5.74) is 1.00. The maximum absolute atomic E-state index is 12.4. The number of likely N-dealkylation sites (N-methyl/N-ethyl adjacent to an activating group) is 1. The smallest absolute Gasteiger partial charge is 0.410 e. The van der Waals surface area contributed by atoms with Crippen LogP contribution in [0.15, 0.2) is 18.3 Å². The van der Waals surface area contributed by atoms with Gasteiger partial charge in [0, 0.05) is 44.5 Å². The van der Waals surface area contributed by atoms with Crippen molar-refractivity contribution in [3.8, 4) is 0 Å². The molecule has 9 nitrogen and oxygen atoms in total. The SMILES string of the molecule is COCCn1cc2c(N3CCC(N(C)C(=O)OC(C)(C)C)C3)ccc(C(=O)O)c2n1. The van der Waals surface area contributed by atoms with Crippen molar-refractivity contribution in [3.05, 3.63) is 23.9 Å². The van der Waals surface area contributed by atoms with E-state index in [-0.39, 0.29) is 17.7 Å². The van der Waals surface area contributed by atoms with Gasteiger partial charge in [0.05, 0.1) is 24.8 Å². The summed E-state index contributed by atoms with van der Waals surface area (Å²) in [6, 6.07) is 3.43. The van der Waals surface area contributed by atoms with Crippen LogP contribution in [0.5, 0.6) is 0 Å². The Morgan fingerprint density at radius 3 is 2.70 bits per heavy atom. The van der Waals surface area contributed by atoms with Gasteiger partial charge in [-0.25, -0.2) is 9.59 Å². The molecule has 1 aromatic heterocycles. The number of carbonyl (C=O) groups excluding carboxylic acids is 1. The molecule has 1 aliphatic rings. The van der Waals surface area contributed by atoms with Gasteiger partial charge in [-0.2, -0.15) is 5.10 Å². The van der Waals surface area contributed by atoms with E-state index in [2.05, 4.69) is 10.00 Å². The minimum atomic E-state index is -1.01. The molecule has 9 heteroatoms. The fraction of sp³-hybridized carbons (Fsp3) is 0.571. The van der Waals surface area contributed by atoms with Gasteiger partial charge in [-0.1, -0.05) is 0 Å². The van der Waals surface area contributed by atoms with Crippen molar-refractivity contribution in [1.29, 1.82) is 0 Å². The van der Waals surface area contributed by atoms with E-state index >= 15 is 0 Å². The lowest BCUT2D eigenvalue weighted by atomic mass is 10.1. The Labute approximate surface area is 176 Å². The van der Waals surface area contributed by atoms with Gasteiger partial charge in [-0.05, 0) is 39.3 Å². The van der Waals surface area contributed by atoms with Crippen molar-refractivity contribution in [3.63, 3.8) is 0 Å². The number of amides is 1. The Bertz CT molecular complexity index is 933. The number of carboxylic acid groups (broad SMARTS) is 1. The van der Waals surface area contributed by atoms with Crippen molar-refractivity contribution in [2.45, 2.75) is 45.4 Å². The summed E-state index contributed by atoms with van der Waals surface area (Å²) in [5, 5.41) is 14.8. The first-order valence-corrected chi connectivity index (χ1v) is 10.0. The highest BCUT2D eigenvalue weighted by Crippen LogP contribution is 2.32. The van der Waals surface area contributed by atoms with Crippen LogP contribution < -0.4 is 4.90 Å². The monoisotopic (exact) mass is 418 g/mol. The third-order valence-corrected chi connectivity index (χ3v) is 5.19. The van der Waals surface area contributed by atoms with E-state index < -0.39 is 11.6 Å². The average molecular weight is 418 g/mol. The quantitative estimate of drug-likeness (QED) is 0.770. The first kappa shape index (κ1) is 21.9. The lowest BCUT2D eigenvalue weighted by molar-refractivity contribution is 0.0237. The molecule has 0 saturated carbocycles. The van der Waals surface area contributed by atoms with E-state index in [1.54, 1.807) is 29.8 Å². The predicted molar refractivity (Wildman–Crippen MR) is 113 cm³/mol. The van der Waals surface area contributed by atoms with Gasteiger partial charge in [0.2, 0.25) is 0 Å². The van der Waals surface area contributed by atoms with Crippen LogP contribution in [0, 0.1) is 0 Å². The summed E-state index contributed by atoms with van der Waals surface area (Å²) < 4.78 is 12.3. The van der Waals surface area contributed by atoms with E-state index in [9.17, 15) is 14.7 Å². The highest BCUT2D eigenvalue weighted by Gasteiger charge is 2.32. The minimum absolute atomic E-state index is 0.0117. The van der Waals surface area contributed by atoms with Crippen LogP contribution in [-0.2, 0) is 16.0 Å². The van der Waals surface area contributed by atoms with Crippen LogP contribution in [0.3, 0.4) is 0 Å². The zero-order chi connectivity index (χ0) is 22.1. The van der Waals surface area contributed by atoms with Crippen molar-refractivity contribution in [1.82, 2.24) is 14.7 Å². The lowest BCUT2D eigenvalue weighted by Gasteiger charge is -2.29. The summed E-state index contributed by atoms with van der Waals surface area (Å²) in [5.74, 6) is -1.01. The standard InChI is InChI=1S/C21H30N4O5/c1-21(2,3)30-20(28)23(4)14-8-9-24(12-14)17-7-6-15(19(26)27)18-16(17)13-25(22-18)10-11-29-5/h6-7,13-14H,8-12H2,1-5H3,(H,26,27). The number of carboxylic acids is 1. The van der Waals surface area contributed by atoms with Crippen molar-refractivity contribution in [2.24, 2.45) is 0 Å². The summed E-state index contributed by atoms with van der Waals surface area (Å²) in [4.78, 5) is 27.9. The van der Waals surface area contributed by atoms with E-state index in [0.717, 1.165) is 24.0 Å². The van der Waals surface area contributed by atoms with Crippen molar-refractivity contribution >= 4 is 28.7 Å². The molecule has 1 aliphatic heterocycles. The van der Waals surface area contributed by atoms with Crippen LogP contribution in [-0.4, -0.2) is 77.3 Å². The molecule has 0 radical (unpaired) electrons. The molecule has 2 aromatic rings. The molecule has 0 bridgehead atoms. The zero-order valence-corrected chi connectivity index (χ0v) is 18.2. The molecule has 1 unspecified atom stereocenters. The topological polar surface area (TPSA) is 97.1 Å². The molecule has 1 N–H and O–H groups in total. The van der Waals surface area contributed by atoms with Gasteiger partial charge in [-0.15, -0.1) is 0 Å². The van der Waals surface area contributed by atoms with Crippen LogP contribution in [0.25, 0.3) is 10.9 Å². The normalized spacial score (nSPS) is 16.8. The lowest BCUT2D eigenvalue weighted by Crippen LogP contribution is -2.42. The second-order valence-corrected chi connectivity index (χ2v) is 8.56. The Hall–Kier alpha value is -2.81. The van der Waals surface area contributed by atoms with E-state index in [0.29, 0.717) is 25.2 Å². The molecule has 0 spiro atoms. The number of aromatic carboxylic acids is 1. The molecule has 1 aromatic carbocycles. The Morgan fingerprint density at radius 2 is 2.07 bits per heavy atom. The van der Waals surface area contributed by atoms with Crippen molar-refractivity contribution < 1.29 is 24.2 Å². The van der Waals surface area contributed by atoms with Gasteiger partial charge in [0.1, 0.15) is 11.1 Å². The van der Waals surface area contributed by atoms with Crippen LogP contribution in [0.1, 0.15) is 37.6 Å². The number of fused-ring (bicyclic) bond motifs is 1. The number of hydrogen-bond acceptors (Lipinski definition) is 6. The minimum Gasteiger partial charge on any atom is -0.478 e. The van der Waals surface area contributed by atoms with Crippen LogP contribution in [0.2, 0.25) is 0 Å². The number of ether oxygens (including phenoxy) is 2. The van der Waals surface area contributed by atoms with E-state index in [4.69, 9.17) is 9.47 Å². The molecule has 1 amide bonds. The zero-order valence-electron chi connectivity index (χ0n) is 18.2. The predicted octanol–water partition coefficient (Wildman–Crippen LogP) is 2.83. The Balaban J connectivity index is 1.84. The fourth-order valence-corrected chi connectivity index (χ4v) is 3.65. The number of anilines is 1. The molecular formula is C21H30N4O5. The number of carbonyl (C=O) groups is 2. The number of benzene rings is 1. The molecule has 30 heavy (non-hydrogen) atoms. The molecule has 1 saturated heterocycles. The molecule has 3 rings (SSSR count). The molecular weight excluding hydrogens is 388 g/mol. The molecule has 1 atom stereocenters. The maximum atomic E-state index is 12.4. The second-order valence-electron chi connectivity index (χ2n) is 8.56. The number of rotatable bonds is 6. The summed E-state index contributed by atoms with van der Waals surface area (Å²) >= 11 is 0. The van der Waals surface area contributed by atoms with E-state index in [1.165, 1.54) is 0 Å². The number of aromatic nitrogens is 2. The summed E-state index contributed by atoms with van der Waals surface area (Å²) in [7, 11) is 3.37. The fourth-order valence-electron chi connectivity index (χ4n) is 3.65. The van der Waals surface area contributed by atoms with Gasteiger partial charge in [-0.3, -0.25) is 4.68 Å².